The van der Waals surface area contributed by atoms with Crippen molar-refractivity contribution in [1.82, 2.24) is 4.90 Å². The molecule has 0 aromatic heterocycles. The number of rotatable bonds is 6. The molecule has 0 radical (unpaired) electrons. The fraction of sp³-hybridized carbons (Fsp3) is 0.125. The minimum Gasteiger partial charge on any atom is -0.497 e. The number of hydrogen-bond acceptors (Lipinski definition) is 4. The average Bonchev–Trinajstić information content (AvgIpc) is 3.09. The van der Waals surface area contributed by atoms with Crippen molar-refractivity contribution in [2.45, 2.75) is 6.54 Å². The van der Waals surface area contributed by atoms with E-state index in [0.717, 1.165) is 16.3 Å². The zero-order valence-electron chi connectivity index (χ0n) is 17.0. The first-order valence-electron chi connectivity index (χ1n) is 9.65. The maximum atomic E-state index is 12.8. The summed E-state index contributed by atoms with van der Waals surface area (Å²) in [6.07, 6.45) is 0. The van der Waals surface area contributed by atoms with E-state index in [1.54, 1.807) is 49.6 Å². The van der Waals surface area contributed by atoms with Crippen LogP contribution in [0.5, 0.6) is 5.75 Å². The molecule has 0 saturated carbocycles. The number of anilines is 1. The number of methoxy groups -OCH3 is 1. The molecule has 0 bridgehead atoms. The van der Waals surface area contributed by atoms with E-state index >= 15 is 0 Å². The molecule has 0 fully saturated rings. The second kappa shape index (κ2) is 7.95. The van der Waals surface area contributed by atoms with Crippen molar-refractivity contribution < 1.29 is 19.1 Å². The zero-order valence-corrected chi connectivity index (χ0v) is 17.0. The number of nitrogens with two attached hydrogens (primary N) is 1. The molecule has 0 unspecified atom stereocenters. The number of ether oxygens (including phenoxy) is 1. The van der Waals surface area contributed by atoms with Crippen LogP contribution in [-0.4, -0.2) is 36.3 Å². The Morgan fingerprint density at radius 2 is 1.94 bits per heavy atom. The van der Waals surface area contributed by atoms with E-state index in [-0.39, 0.29) is 23.9 Å². The number of carbonyl (C=O) groups is 3. The van der Waals surface area contributed by atoms with Crippen LogP contribution >= 0.6 is 0 Å². The molecule has 31 heavy (non-hydrogen) atoms. The van der Waals surface area contributed by atoms with Crippen molar-refractivity contribution in [3.63, 3.8) is 0 Å². The second-order valence-corrected chi connectivity index (χ2v) is 7.34. The van der Waals surface area contributed by atoms with E-state index in [4.69, 9.17) is 10.5 Å². The first-order chi connectivity index (χ1) is 14.9. The number of fused-ring (bicyclic) bond motifs is 3. The molecule has 0 saturated heterocycles. The van der Waals surface area contributed by atoms with Crippen LogP contribution in [0.3, 0.4) is 0 Å². The third-order valence-electron chi connectivity index (χ3n) is 5.32. The van der Waals surface area contributed by atoms with Gasteiger partial charge in [-0.3, -0.25) is 14.4 Å². The van der Waals surface area contributed by atoms with Crippen molar-refractivity contribution in [1.29, 1.82) is 0 Å². The first-order valence-corrected chi connectivity index (χ1v) is 9.65. The lowest BCUT2D eigenvalue weighted by atomic mass is 9.98. The summed E-state index contributed by atoms with van der Waals surface area (Å²) in [5.74, 6) is -0.447. The van der Waals surface area contributed by atoms with Crippen molar-refractivity contribution in [2.24, 2.45) is 5.73 Å². The van der Waals surface area contributed by atoms with Crippen molar-refractivity contribution in [3.8, 4) is 5.75 Å². The summed E-state index contributed by atoms with van der Waals surface area (Å²) in [5, 5.41) is 4.59. The molecule has 0 atom stereocenters. The van der Waals surface area contributed by atoms with Gasteiger partial charge in [-0.2, -0.15) is 0 Å². The van der Waals surface area contributed by atoms with E-state index in [1.807, 2.05) is 12.1 Å². The highest BCUT2D eigenvalue weighted by molar-refractivity contribution is 6.09. The lowest BCUT2D eigenvalue weighted by Crippen LogP contribution is -2.30. The molecule has 7 heteroatoms. The number of hydrogen-bond donors (Lipinski definition) is 2. The zero-order chi connectivity index (χ0) is 22.1. The van der Waals surface area contributed by atoms with E-state index in [9.17, 15) is 14.4 Å². The van der Waals surface area contributed by atoms with Crippen LogP contribution in [0.4, 0.5) is 5.69 Å². The van der Waals surface area contributed by atoms with Gasteiger partial charge in [-0.25, -0.2) is 0 Å². The first kappa shape index (κ1) is 20.2. The Kier molecular flexibility index (Phi) is 5.17. The molecule has 3 amide bonds. The average molecular weight is 415 g/mol. The second-order valence-electron chi connectivity index (χ2n) is 7.34. The Morgan fingerprint density at radius 3 is 2.68 bits per heavy atom. The van der Waals surface area contributed by atoms with E-state index in [0.29, 0.717) is 29.1 Å². The lowest BCUT2D eigenvalue weighted by Gasteiger charge is -2.15. The van der Waals surface area contributed by atoms with E-state index < -0.39 is 5.91 Å². The summed E-state index contributed by atoms with van der Waals surface area (Å²) in [7, 11) is 1.56. The molecule has 156 valence electrons. The highest BCUT2D eigenvalue weighted by Gasteiger charge is 2.29. The van der Waals surface area contributed by atoms with Crippen LogP contribution in [0.15, 0.2) is 66.7 Å². The summed E-state index contributed by atoms with van der Waals surface area (Å²) in [5.41, 5.74) is 7.89. The molecular formula is C24H21N3O4. The minimum atomic E-state index is -0.634. The van der Waals surface area contributed by atoms with Crippen molar-refractivity contribution >= 4 is 34.2 Å². The van der Waals surface area contributed by atoms with Gasteiger partial charge in [0, 0.05) is 35.0 Å². The smallest absolute Gasteiger partial charge is 0.255 e. The number of nitrogens with one attached hydrogen (secondary N) is 1. The highest BCUT2D eigenvalue weighted by Crippen LogP contribution is 2.31. The number of primary amides is 1. The molecule has 1 heterocycles. The van der Waals surface area contributed by atoms with Gasteiger partial charge in [0.25, 0.3) is 11.8 Å². The maximum Gasteiger partial charge on any atom is 0.255 e. The maximum absolute atomic E-state index is 12.8. The van der Waals surface area contributed by atoms with Crippen LogP contribution in [0.25, 0.3) is 10.8 Å². The molecule has 3 aromatic carbocycles. The molecular weight excluding hydrogens is 394 g/mol. The predicted molar refractivity (Wildman–Crippen MR) is 118 cm³/mol. The summed E-state index contributed by atoms with van der Waals surface area (Å²) < 4.78 is 5.19. The van der Waals surface area contributed by atoms with Gasteiger partial charge in [-0.05, 0) is 46.7 Å². The van der Waals surface area contributed by atoms with Gasteiger partial charge in [0.2, 0.25) is 5.91 Å². The van der Waals surface area contributed by atoms with Crippen LogP contribution in [0, 0.1) is 0 Å². The third-order valence-corrected chi connectivity index (χ3v) is 5.32. The fourth-order valence-electron chi connectivity index (χ4n) is 3.67. The molecule has 0 aliphatic carbocycles. The fourth-order valence-corrected chi connectivity index (χ4v) is 3.67. The van der Waals surface area contributed by atoms with Gasteiger partial charge < -0.3 is 20.7 Å². The van der Waals surface area contributed by atoms with E-state index in [1.165, 1.54) is 4.90 Å². The number of carbonyl (C=O) groups excluding carboxylic acids is 3. The molecule has 3 N–H and O–H groups in total. The number of amides is 3. The molecule has 0 spiro atoms. The minimum absolute atomic E-state index is 0.0698. The van der Waals surface area contributed by atoms with Crippen LogP contribution in [0.1, 0.15) is 26.3 Å². The van der Waals surface area contributed by atoms with E-state index in [2.05, 4.69) is 11.9 Å². The molecule has 4 rings (SSSR count). The SMILES string of the molecule is C=C(CN1Cc2c(ccc3ccc(C(=O)Nc4cccc(OC)c4)cc23)C1=O)C(N)=O. The number of benzene rings is 3. The quantitative estimate of drug-likeness (QED) is 0.604. The largest absolute Gasteiger partial charge is 0.497 e. The normalized spacial score (nSPS) is 12.5. The van der Waals surface area contributed by atoms with Gasteiger partial charge in [0.15, 0.2) is 0 Å². The Balaban J connectivity index is 1.64. The van der Waals surface area contributed by atoms with Crippen LogP contribution in [0.2, 0.25) is 0 Å². The van der Waals surface area contributed by atoms with Crippen molar-refractivity contribution in [3.05, 3.63) is 83.4 Å². The van der Waals surface area contributed by atoms with Crippen LogP contribution < -0.4 is 15.8 Å². The van der Waals surface area contributed by atoms with Gasteiger partial charge >= 0.3 is 0 Å². The molecule has 7 nitrogen and oxygen atoms in total. The standard InChI is InChI=1S/C24H21N3O4/c1-14(22(25)28)12-27-13-21-19(24(27)30)9-8-15-6-7-16(10-20(15)21)23(29)26-17-4-3-5-18(11-17)31-2/h3-11H,1,12-13H2,2H3,(H2,25,28)(H,26,29). The third kappa shape index (κ3) is 3.85. The number of nitrogens with zero attached hydrogens (tertiary/aromatic N) is 1. The van der Waals surface area contributed by atoms with Gasteiger partial charge in [-0.1, -0.05) is 24.8 Å². The molecule has 3 aromatic rings. The van der Waals surface area contributed by atoms with Crippen LogP contribution in [-0.2, 0) is 11.3 Å². The molecule has 1 aliphatic rings. The van der Waals surface area contributed by atoms with Gasteiger partial charge in [-0.15, -0.1) is 0 Å². The Labute approximate surface area is 179 Å². The lowest BCUT2D eigenvalue weighted by molar-refractivity contribution is -0.114. The topological polar surface area (TPSA) is 102 Å². The Hall–Kier alpha value is -4.13. The highest BCUT2D eigenvalue weighted by atomic mass is 16.5. The monoisotopic (exact) mass is 415 g/mol. The summed E-state index contributed by atoms with van der Waals surface area (Å²) >= 11 is 0. The summed E-state index contributed by atoms with van der Waals surface area (Å²) in [4.78, 5) is 38.4. The molecule has 1 aliphatic heterocycles. The Bertz CT molecular complexity index is 1250. The Morgan fingerprint density at radius 1 is 1.16 bits per heavy atom. The van der Waals surface area contributed by atoms with Gasteiger partial charge in [0.05, 0.1) is 13.7 Å². The van der Waals surface area contributed by atoms with Gasteiger partial charge in [0.1, 0.15) is 5.75 Å². The summed E-state index contributed by atoms with van der Waals surface area (Å²) in [6, 6.07) is 16.1. The summed E-state index contributed by atoms with van der Waals surface area (Å²) in [6.45, 7) is 4.02. The van der Waals surface area contributed by atoms with Crippen molar-refractivity contribution in [2.75, 3.05) is 19.0 Å². The predicted octanol–water partition coefficient (Wildman–Crippen LogP) is 3.10.